The second kappa shape index (κ2) is 9.30. The van der Waals surface area contributed by atoms with E-state index in [1.807, 2.05) is 0 Å². The minimum absolute atomic E-state index is 0.772. The highest BCUT2D eigenvalue weighted by Crippen LogP contribution is 2.17. The molecule has 0 nitrogen and oxygen atoms in total. The Kier molecular flexibility index (Phi) is 9.13. The van der Waals surface area contributed by atoms with Crippen molar-refractivity contribution >= 4 is 0 Å². The van der Waals surface area contributed by atoms with Gasteiger partial charge in [-0.3, -0.25) is 0 Å². The monoisotopic (exact) mass is 195 g/mol. The summed E-state index contributed by atoms with van der Waals surface area (Å²) < 4.78 is 0. The molecule has 0 aromatic heterocycles. The van der Waals surface area contributed by atoms with E-state index in [2.05, 4.69) is 46.3 Å². The van der Waals surface area contributed by atoms with Gasteiger partial charge < -0.3 is 0 Å². The summed E-state index contributed by atoms with van der Waals surface area (Å²) in [5.74, 6) is 1.60. The van der Waals surface area contributed by atoms with Crippen LogP contribution in [-0.2, 0) is 0 Å². The van der Waals surface area contributed by atoms with E-state index in [-0.39, 0.29) is 0 Å². The lowest BCUT2D eigenvalue weighted by atomic mass is 9.93. The largest absolute Gasteiger partial charge is 0.0885 e. The van der Waals surface area contributed by atoms with Crippen molar-refractivity contribution in [3.05, 3.63) is 18.6 Å². The van der Waals surface area contributed by atoms with E-state index in [4.69, 9.17) is 0 Å². The Morgan fingerprint density at radius 3 is 2.43 bits per heavy atom. The molecule has 2 unspecified atom stereocenters. The van der Waals surface area contributed by atoms with Crippen LogP contribution in [0.4, 0.5) is 0 Å². The zero-order valence-corrected chi connectivity index (χ0v) is 10.4. The number of hydrogen-bond acceptors (Lipinski definition) is 0. The summed E-state index contributed by atoms with van der Waals surface area (Å²) in [7, 11) is 0. The Morgan fingerprint density at radius 1 is 1.14 bits per heavy atom. The van der Waals surface area contributed by atoms with E-state index < -0.39 is 0 Å². The highest BCUT2D eigenvalue weighted by molar-refractivity contribution is 4.84. The van der Waals surface area contributed by atoms with E-state index in [9.17, 15) is 0 Å². The topological polar surface area (TPSA) is 0 Å². The van der Waals surface area contributed by atoms with Crippen molar-refractivity contribution in [2.45, 2.75) is 59.8 Å². The maximum atomic E-state index is 2.36. The first-order valence-electron chi connectivity index (χ1n) is 6.15. The van der Waals surface area contributed by atoms with E-state index in [1.54, 1.807) is 0 Å². The number of unbranched alkanes of at least 4 members (excludes halogenated alkanes) is 2. The Hall–Kier alpha value is -0.260. The van der Waals surface area contributed by atoms with Crippen molar-refractivity contribution in [1.29, 1.82) is 0 Å². The van der Waals surface area contributed by atoms with Gasteiger partial charge in [0.1, 0.15) is 0 Å². The Morgan fingerprint density at radius 2 is 1.86 bits per heavy atom. The van der Waals surface area contributed by atoms with Crippen LogP contribution in [0.5, 0.6) is 0 Å². The van der Waals surface area contributed by atoms with E-state index in [1.165, 1.54) is 32.1 Å². The minimum atomic E-state index is 0.772. The van der Waals surface area contributed by atoms with Gasteiger partial charge in [-0.15, -0.1) is 0 Å². The number of hydrogen-bond donors (Lipinski definition) is 0. The Labute approximate surface area is 90.8 Å². The molecule has 0 heterocycles. The predicted octanol–water partition coefficient (Wildman–Crippen LogP) is 5.01. The van der Waals surface area contributed by atoms with Crippen LogP contribution < -0.4 is 0 Å². The molecule has 1 radical (unpaired) electrons. The SMILES string of the molecule is C[CH]C(C)CC(C)CC=CCCCC. The van der Waals surface area contributed by atoms with Gasteiger partial charge in [0.05, 0.1) is 0 Å². The molecule has 0 saturated carbocycles. The first-order valence-corrected chi connectivity index (χ1v) is 6.15. The predicted molar refractivity (Wildman–Crippen MR) is 66.2 cm³/mol. The zero-order valence-electron chi connectivity index (χ0n) is 10.4. The van der Waals surface area contributed by atoms with Gasteiger partial charge in [-0.2, -0.15) is 0 Å². The summed E-state index contributed by atoms with van der Waals surface area (Å²) in [6.07, 6.45) is 13.5. The van der Waals surface area contributed by atoms with Gasteiger partial charge in [-0.25, -0.2) is 0 Å². The van der Waals surface area contributed by atoms with Crippen LogP contribution in [0.3, 0.4) is 0 Å². The molecule has 0 aromatic carbocycles. The van der Waals surface area contributed by atoms with Gasteiger partial charge in [0, 0.05) is 0 Å². The fraction of sp³-hybridized carbons (Fsp3) is 0.786. The molecule has 14 heavy (non-hydrogen) atoms. The summed E-state index contributed by atoms with van der Waals surface area (Å²) in [6, 6.07) is 0. The van der Waals surface area contributed by atoms with E-state index in [0.29, 0.717) is 0 Å². The molecule has 2 atom stereocenters. The zero-order chi connectivity index (χ0) is 10.8. The molecule has 0 aliphatic carbocycles. The lowest BCUT2D eigenvalue weighted by molar-refractivity contribution is 0.454. The second-order valence-corrected chi connectivity index (χ2v) is 4.50. The van der Waals surface area contributed by atoms with Crippen molar-refractivity contribution in [3.63, 3.8) is 0 Å². The molecule has 0 aliphatic heterocycles. The molecule has 0 fully saturated rings. The molecule has 0 heteroatoms. The summed E-state index contributed by atoms with van der Waals surface area (Å²) in [5, 5.41) is 0. The highest BCUT2D eigenvalue weighted by atomic mass is 14.1. The summed E-state index contributed by atoms with van der Waals surface area (Å²) >= 11 is 0. The van der Waals surface area contributed by atoms with Gasteiger partial charge in [0.2, 0.25) is 0 Å². The van der Waals surface area contributed by atoms with Crippen LogP contribution in [0.2, 0.25) is 0 Å². The Balaban J connectivity index is 3.42. The van der Waals surface area contributed by atoms with Gasteiger partial charge in [-0.1, -0.05) is 52.7 Å². The molecule has 0 bridgehead atoms. The third-order valence-corrected chi connectivity index (χ3v) is 2.77. The third kappa shape index (κ3) is 8.34. The average molecular weight is 195 g/mol. The fourth-order valence-electron chi connectivity index (χ4n) is 1.64. The third-order valence-electron chi connectivity index (χ3n) is 2.77. The molecule has 0 rings (SSSR count). The molecular formula is C14H27. The molecule has 0 spiro atoms. The van der Waals surface area contributed by atoms with Crippen LogP contribution >= 0.6 is 0 Å². The standard InChI is InChI=1S/C14H27/c1-5-7-8-9-10-11-14(4)12-13(3)6-2/h6,9-10,13-14H,5,7-8,11-12H2,1-4H3. The molecule has 0 saturated heterocycles. The van der Waals surface area contributed by atoms with Gasteiger partial charge >= 0.3 is 0 Å². The maximum Gasteiger partial charge on any atom is -0.0325 e. The van der Waals surface area contributed by atoms with Crippen LogP contribution in [0.15, 0.2) is 12.2 Å². The smallest absolute Gasteiger partial charge is 0.0325 e. The lowest BCUT2D eigenvalue weighted by Crippen LogP contribution is -2.01. The Bertz CT molecular complexity index is 135. The summed E-state index contributed by atoms with van der Waals surface area (Å²) in [6.45, 7) is 9.06. The van der Waals surface area contributed by atoms with Crippen molar-refractivity contribution < 1.29 is 0 Å². The van der Waals surface area contributed by atoms with Gasteiger partial charge in [0.15, 0.2) is 0 Å². The molecule has 83 valence electrons. The van der Waals surface area contributed by atoms with Crippen LogP contribution in [0.1, 0.15) is 59.8 Å². The van der Waals surface area contributed by atoms with E-state index >= 15 is 0 Å². The first-order chi connectivity index (χ1) is 6.70. The van der Waals surface area contributed by atoms with Crippen molar-refractivity contribution in [1.82, 2.24) is 0 Å². The summed E-state index contributed by atoms with van der Waals surface area (Å²) in [4.78, 5) is 0. The maximum absolute atomic E-state index is 2.36. The van der Waals surface area contributed by atoms with Gasteiger partial charge in [0.25, 0.3) is 0 Å². The van der Waals surface area contributed by atoms with E-state index in [0.717, 1.165) is 11.8 Å². The van der Waals surface area contributed by atoms with Crippen LogP contribution in [-0.4, -0.2) is 0 Å². The molecule has 0 N–H and O–H groups in total. The lowest BCUT2D eigenvalue weighted by Gasteiger charge is -2.13. The highest BCUT2D eigenvalue weighted by Gasteiger charge is 2.04. The minimum Gasteiger partial charge on any atom is -0.0885 e. The summed E-state index contributed by atoms with van der Waals surface area (Å²) in [5.41, 5.74) is 0. The molecule has 0 aromatic rings. The van der Waals surface area contributed by atoms with Crippen LogP contribution in [0, 0.1) is 18.3 Å². The average Bonchev–Trinajstić information content (AvgIpc) is 2.17. The number of rotatable bonds is 8. The van der Waals surface area contributed by atoms with Crippen molar-refractivity contribution in [2.24, 2.45) is 11.8 Å². The van der Waals surface area contributed by atoms with Crippen LogP contribution in [0.25, 0.3) is 0 Å². The molecular weight excluding hydrogens is 168 g/mol. The quantitative estimate of drug-likeness (QED) is 0.377. The van der Waals surface area contributed by atoms with Crippen molar-refractivity contribution in [3.8, 4) is 0 Å². The second-order valence-electron chi connectivity index (χ2n) is 4.50. The number of allylic oxidation sites excluding steroid dienone is 2. The van der Waals surface area contributed by atoms with Gasteiger partial charge in [-0.05, 0) is 37.5 Å². The molecule has 0 aliphatic rings. The fourth-order valence-corrected chi connectivity index (χ4v) is 1.64. The first kappa shape index (κ1) is 13.7. The molecule has 0 amide bonds. The normalized spacial score (nSPS) is 16.0. The van der Waals surface area contributed by atoms with Crippen molar-refractivity contribution in [2.75, 3.05) is 0 Å².